The molecule has 0 bridgehead atoms. The van der Waals surface area contributed by atoms with Crippen LogP contribution < -0.4 is 0 Å². The fraction of sp³-hybridized carbons (Fsp3) is 1.00. The van der Waals surface area contributed by atoms with Gasteiger partial charge in [-0.25, -0.2) is 0 Å². The van der Waals surface area contributed by atoms with Crippen LogP contribution in [0, 0.1) is 0 Å². The third-order valence-corrected chi connectivity index (χ3v) is 1.87. The number of hydrogen-bond acceptors (Lipinski definition) is 1. The molecule has 0 aliphatic carbocycles. The first-order valence-corrected chi connectivity index (χ1v) is 4.80. The van der Waals surface area contributed by atoms with Gasteiger partial charge >= 0.3 is 0 Å². The molecule has 1 atom stereocenters. The van der Waals surface area contributed by atoms with Gasteiger partial charge in [0.05, 0.1) is 0 Å². The fourth-order valence-corrected chi connectivity index (χ4v) is 1.37. The molecule has 0 rings (SSSR count). The van der Waals surface area contributed by atoms with Crippen molar-refractivity contribution in [1.82, 2.24) is 0 Å². The summed E-state index contributed by atoms with van der Waals surface area (Å²) in [5, 5.41) is 0. The fourth-order valence-electron chi connectivity index (χ4n) is 0.263. The van der Waals surface area contributed by atoms with E-state index in [0.29, 0.717) is 4.97 Å². The van der Waals surface area contributed by atoms with Gasteiger partial charge in [0.2, 0.25) is 0 Å². The van der Waals surface area contributed by atoms with Crippen LogP contribution >= 0.6 is 12.4 Å². The zero-order chi connectivity index (χ0) is 4.99. The van der Waals surface area contributed by atoms with Crippen molar-refractivity contribution in [3.05, 3.63) is 0 Å². The minimum Gasteiger partial charge on any atom is -0.438 e. The van der Waals surface area contributed by atoms with Crippen LogP contribution in [0.25, 0.3) is 0 Å². The quantitative estimate of drug-likeness (QED) is 0.509. The maximum absolute atomic E-state index is 5.14. The van der Waals surface area contributed by atoms with Gasteiger partial charge < -0.3 is 4.43 Å². The van der Waals surface area contributed by atoms with Crippen molar-refractivity contribution in [2.75, 3.05) is 0 Å². The van der Waals surface area contributed by atoms with Crippen LogP contribution in [0.3, 0.4) is 0 Å². The van der Waals surface area contributed by atoms with Crippen LogP contribution in [0.15, 0.2) is 0 Å². The van der Waals surface area contributed by atoms with Crippen LogP contribution in [-0.2, 0) is 4.43 Å². The molecule has 0 saturated heterocycles. The lowest BCUT2D eigenvalue weighted by Crippen LogP contribution is -2.07. The van der Waals surface area contributed by atoms with E-state index >= 15 is 0 Å². The first-order chi connectivity index (χ1) is 2.77. The highest BCUT2D eigenvalue weighted by Gasteiger charge is 1.83. The van der Waals surface area contributed by atoms with Gasteiger partial charge in [-0.1, -0.05) is 13.5 Å². The standard InChI is InChI=1S/C3H9OSi.Al.ClH/c1-3-4-5-2;;/h3H,5H2,1-2H3;;1H. The van der Waals surface area contributed by atoms with Crippen molar-refractivity contribution < 1.29 is 4.43 Å². The van der Waals surface area contributed by atoms with Gasteiger partial charge in [-0.3, -0.25) is 0 Å². The van der Waals surface area contributed by atoms with Crippen molar-refractivity contribution >= 4 is 38.5 Å². The first kappa shape index (κ1) is 10.9. The summed E-state index contributed by atoms with van der Waals surface area (Å²) >= 11 is 2.59. The molecule has 0 aromatic rings. The second-order valence-electron chi connectivity index (χ2n) is 1.16. The molecule has 0 aliphatic heterocycles. The molecule has 0 saturated carbocycles. The summed E-state index contributed by atoms with van der Waals surface area (Å²) in [6, 6.07) is 0. The predicted molar refractivity (Wildman–Crippen MR) is 38.0 cm³/mol. The molecule has 0 aromatic carbocycles. The summed E-state index contributed by atoms with van der Waals surface area (Å²) in [6.45, 7) is 4.15. The number of halogens is 1. The van der Waals surface area contributed by atoms with Crippen LogP contribution in [0.4, 0.5) is 0 Å². The molecule has 0 heterocycles. The highest BCUT2D eigenvalue weighted by Crippen LogP contribution is 1.76. The third kappa shape index (κ3) is 10.9. The molecule has 42 valence electrons. The second-order valence-corrected chi connectivity index (χ2v) is 3.01. The van der Waals surface area contributed by atoms with Crippen molar-refractivity contribution in [3.8, 4) is 0 Å². The van der Waals surface area contributed by atoms with Crippen molar-refractivity contribution in [1.29, 1.82) is 0 Å². The molecular weight excluding hydrogens is 143 g/mol. The summed E-state index contributed by atoms with van der Waals surface area (Å²) in [5.41, 5.74) is 0. The Labute approximate surface area is 61.6 Å². The van der Waals surface area contributed by atoms with Crippen LogP contribution in [0.1, 0.15) is 6.92 Å². The molecular formula is C3H10AlClOSi. The van der Waals surface area contributed by atoms with E-state index in [2.05, 4.69) is 22.8 Å². The minimum atomic E-state index is -0.154. The van der Waals surface area contributed by atoms with E-state index in [0.717, 1.165) is 0 Å². The van der Waals surface area contributed by atoms with E-state index in [1.54, 1.807) is 0 Å². The highest BCUT2D eigenvalue weighted by molar-refractivity contribution is 6.26. The van der Waals surface area contributed by atoms with E-state index in [9.17, 15) is 0 Å². The lowest BCUT2D eigenvalue weighted by atomic mass is 10.9. The Morgan fingerprint density at radius 1 is 1.71 bits per heavy atom. The maximum atomic E-state index is 5.14. The van der Waals surface area contributed by atoms with Crippen LogP contribution in [-0.4, -0.2) is 31.0 Å². The second kappa shape index (κ2) is 7.00. The van der Waals surface area contributed by atoms with Gasteiger partial charge in [0, 0.05) is 0 Å². The van der Waals surface area contributed by atoms with Gasteiger partial charge in [0.1, 0.15) is 0 Å². The predicted octanol–water partition coefficient (Wildman–Crippen LogP) is 0.0712. The molecule has 7 heavy (non-hydrogen) atoms. The summed E-state index contributed by atoms with van der Waals surface area (Å²) in [5.74, 6) is 0. The first-order valence-electron chi connectivity index (χ1n) is 2.14. The molecule has 0 N–H and O–H groups in total. The monoisotopic (exact) mass is 152 g/mol. The normalized spacial score (nSPS) is 14.0. The van der Waals surface area contributed by atoms with Gasteiger partial charge in [0.15, 0.2) is 26.1 Å². The molecule has 4 heteroatoms. The Kier molecular flexibility index (Phi) is 10.9. The van der Waals surface area contributed by atoms with Crippen LogP contribution in [0.2, 0.25) is 6.55 Å². The molecule has 2 radical (unpaired) electrons. The van der Waals surface area contributed by atoms with Gasteiger partial charge in [-0.15, -0.1) is 12.4 Å². The summed E-state index contributed by atoms with van der Waals surface area (Å²) in [4.78, 5) is 0.377. The molecule has 0 aliphatic rings. The largest absolute Gasteiger partial charge is 0.438 e. The summed E-state index contributed by atoms with van der Waals surface area (Å²) in [7, 11) is -0.154. The molecule has 0 spiro atoms. The zero-order valence-electron chi connectivity index (χ0n) is 4.68. The Morgan fingerprint density at radius 3 is 2.14 bits per heavy atom. The SMILES string of the molecule is C[SiH2]O[CH](C)[Al].Cl. The van der Waals surface area contributed by atoms with Gasteiger partial charge in [-0.2, -0.15) is 0 Å². The van der Waals surface area contributed by atoms with Crippen molar-refractivity contribution in [2.24, 2.45) is 0 Å². The van der Waals surface area contributed by atoms with E-state index in [4.69, 9.17) is 4.43 Å². The Bertz CT molecular complexity index is 36.1. The zero-order valence-corrected chi connectivity index (χ0v) is 8.06. The maximum Gasteiger partial charge on any atom is 0.168 e. The van der Waals surface area contributed by atoms with Crippen LogP contribution in [0.5, 0.6) is 0 Å². The highest BCUT2D eigenvalue weighted by atomic mass is 35.5. The smallest absolute Gasteiger partial charge is 0.168 e. The Morgan fingerprint density at radius 2 is 2.14 bits per heavy atom. The molecule has 0 aromatic heterocycles. The van der Waals surface area contributed by atoms with E-state index in [1.165, 1.54) is 0 Å². The lowest BCUT2D eigenvalue weighted by molar-refractivity contribution is 0.321. The van der Waals surface area contributed by atoms with Gasteiger partial charge in [0.25, 0.3) is 0 Å². The summed E-state index contributed by atoms with van der Waals surface area (Å²) < 4.78 is 5.14. The minimum absolute atomic E-state index is 0. The number of hydrogen-bond donors (Lipinski definition) is 0. The molecule has 1 nitrogen and oxygen atoms in total. The van der Waals surface area contributed by atoms with E-state index in [1.807, 2.05) is 6.92 Å². The van der Waals surface area contributed by atoms with Crippen molar-refractivity contribution in [2.45, 2.75) is 18.4 Å². The Hall–Kier alpha value is 0.999. The van der Waals surface area contributed by atoms with Crippen molar-refractivity contribution in [3.63, 3.8) is 0 Å². The topological polar surface area (TPSA) is 9.23 Å². The van der Waals surface area contributed by atoms with E-state index < -0.39 is 0 Å². The van der Waals surface area contributed by atoms with E-state index in [-0.39, 0.29) is 22.2 Å². The lowest BCUT2D eigenvalue weighted by Gasteiger charge is -2.02. The summed E-state index contributed by atoms with van der Waals surface area (Å²) in [6.07, 6.45) is 0. The third-order valence-electron chi connectivity index (χ3n) is 0.430. The molecule has 0 fully saturated rings. The average molecular weight is 153 g/mol. The number of rotatable bonds is 2. The molecule has 1 unspecified atom stereocenters. The Balaban J connectivity index is 0. The molecule has 0 amide bonds. The average Bonchev–Trinajstić information content (AvgIpc) is 1.35. The van der Waals surface area contributed by atoms with Gasteiger partial charge in [-0.05, 0) is 4.97 Å².